The summed E-state index contributed by atoms with van der Waals surface area (Å²) in [5.41, 5.74) is -0.224. The van der Waals surface area contributed by atoms with Crippen molar-refractivity contribution in [3.63, 3.8) is 0 Å². The number of rotatable bonds is 1. The summed E-state index contributed by atoms with van der Waals surface area (Å²) in [7, 11) is 0. The first kappa shape index (κ1) is 10.8. The highest BCUT2D eigenvalue weighted by molar-refractivity contribution is 6.65. The van der Waals surface area contributed by atoms with Gasteiger partial charge in [-0.3, -0.25) is 9.59 Å². The van der Waals surface area contributed by atoms with Crippen molar-refractivity contribution in [1.29, 1.82) is 0 Å². The van der Waals surface area contributed by atoms with Gasteiger partial charge in [0.25, 0.3) is 0 Å². The van der Waals surface area contributed by atoms with Gasteiger partial charge in [0.1, 0.15) is 0 Å². The molecule has 3 aliphatic carbocycles. The summed E-state index contributed by atoms with van der Waals surface area (Å²) in [6.07, 6.45) is 2.17. The number of hydrogen-bond donors (Lipinski definition) is 0. The van der Waals surface area contributed by atoms with Crippen LogP contribution >= 0.6 is 11.6 Å². The Morgan fingerprint density at radius 2 is 1.81 bits per heavy atom. The van der Waals surface area contributed by atoms with Crippen LogP contribution in [0.5, 0.6) is 0 Å². The van der Waals surface area contributed by atoms with Crippen molar-refractivity contribution in [1.82, 2.24) is 0 Å². The molecule has 3 rings (SSSR count). The van der Waals surface area contributed by atoms with E-state index in [2.05, 4.69) is 13.8 Å². The zero-order valence-electron chi connectivity index (χ0n) is 9.92. The van der Waals surface area contributed by atoms with Crippen LogP contribution in [0, 0.1) is 34.5 Å². The average molecular weight is 241 g/mol. The number of halogens is 1. The van der Waals surface area contributed by atoms with Crippen molar-refractivity contribution in [2.45, 2.75) is 33.6 Å². The van der Waals surface area contributed by atoms with E-state index >= 15 is 0 Å². The number of Topliss-reactive ketones (excluding diaryl/α,β-unsaturated/α-hetero) is 1. The first-order valence-corrected chi connectivity index (χ1v) is 6.45. The van der Waals surface area contributed by atoms with Crippen LogP contribution in [-0.4, -0.2) is 11.0 Å². The normalized spacial score (nSPS) is 52.4. The highest BCUT2D eigenvalue weighted by Gasteiger charge is 2.79. The van der Waals surface area contributed by atoms with Crippen LogP contribution in [0.1, 0.15) is 33.6 Å². The Labute approximate surface area is 101 Å². The Balaban J connectivity index is 2.04. The lowest BCUT2D eigenvalue weighted by molar-refractivity contribution is -0.143. The minimum Gasteiger partial charge on any atom is -0.298 e. The Morgan fingerprint density at radius 3 is 2.25 bits per heavy atom. The van der Waals surface area contributed by atoms with Gasteiger partial charge in [-0.15, -0.1) is 0 Å². The highest BCUT2D eigenvalue weighted by atomic mass is 35.5. The summed E-state index contributed by atoms with van der Waals surface area (Å²) in [5.74, 6) is 0.896. The third kappa shape index (κ3) is 0.883. The maximum Gasteiger partial charge on any atom is 0.232 e. The van der Waals surface area contributed by atoms with Gasteiger partial charge in [0.15, 0.2) is 5.78 Å². The van der Waals surface area contributed by atoms with Gasteiger partial charge in [-0.25, -0.2) is 0 Å². The molecule has 5 atom stereocenters. The van der Waals surface area contributed by atoms with E-state index in [1.807, 2.05) is 6.92 Å². The summed E-state index contributed by atoms with van der Waals surface area (Å²) in [4.78, 5) is 23.9. The van der Waals surface area contributed by atoms with Crippen LogP contribution in [-0.2, 0) is 9.59 Å². The molecule has 0 radical (unpaired) electrons. The number of carbonyl (C=O) groups is 2. The zero-order valence-corrected chi connectivity index (χ0v) is 10.7. The van der Waals surface area contributed by atoms with Gasteiger partial charge in [-0.1, -0.05) is 20.8 Å². The second-order valence-electron chi connectivity index (χ2n) is 6.45. The molecular formula is C13H17ClO2. The predicted molar refractivity (Wildman–Crippen MR) is 60.9 cm³/mol. The number of ketones is 1. The lowest BCUT2D eigenvalue weighted by Crippen LogP contribution is -2.48. The number of carbonyl (C=O) groups excluding carboxylic acids is 2. The quantitative estimate of drug-likeness (QED) is 0.522. The van der Waals surface area contributed by atoms with E-state index in [0.29, 0.717) is 11.8 Å². The Kier molecular flexibility index (Phi) is 1.83. The predicted octanol–water partition coefficient (Wildman–Crippen LogP) is 2.64. The molecule has 0 bridgehead atoms. The molecule has 0 amide bonds. The molecule has 0 aliphatic heterocycles. The van der Waals surface area contributed by atoms with Crippen LogP contribution in [0.2, 0.25) is 0 Å². The Morgan fingerprint density at radius 1 is 1.25 bits per heavy atom. The first-order valence-electron chi connectivity index (χ1n) is 6.07. The van der Waals surface area contributed by atoms with Crippen molar-refractivity contribution in [3.05, 3.63) is 0 Å². The van der Waals surface area contributed by atoms with E-state index in [0.717, 1.165) is 6.42 Å². The fraction of sp³-hybridized carbons (Fsp3) is 0.846. The van der Waals surface area contributed by atoms with Gasteiger partial charge in [-0.05, 0) is 47.6 Å². The standard InChI is InChI=1S/C13H17ClO2/c1-12(2)9-7-5-4-6(7)8(11(14)16)10(15)13(9,12)3/h6-9H,4-5H2,1-3H3/t6?,7?,8?,9?,13-/m0/s1. The van der Waals surface area contributed by atoms with E-state index in [4.69, 9.17) is 11.6 Å². The Bertz CT molecular complexity index is 401. The van der Waals surface area contributed by atoms with E-state index in [1.165, 1.54) is 6.42 Å². The van der Waals surface area contributed by atoms with Crippen LogP contribution < -0.4 is 0 Å². The summed E-state index contributed by atoms with van der Waals surface area (Å²) in [6.45, 7) is 6.35. The third-order valence-electron chi connectivity index (χ3n) is 5.93. The lowest BCUT2D eigenvalue weighted by Gasteiger charge is -2.45. The maximum atomic E-state index is 12.4. The fourth-order valence-electron chi connectivity index (χ4n) is 4.63. The van der Waals surface area contributed by atoms with E-state index in [-0.39, 0.29) is 22.5 Å². The molecule has 0 aromatic carbocycles. The van der Waals surface area contributed by atoms with Crippen molar-refractivity contribution in [3.8, 4) is 0 Å². The Hall–Kier alpha value is -0.370. The van der Waals surface area contributed by atoms with Crippen molar-refractivity contribution >= 4 is 22.6 Å². The van der Waals surface area contributed by atoms with Crippen LogP contribution in [0.3, 0.4) is 0 Å². The lowest BCUT2D eigenvalue weighted by atomic mass is 9.58. The van der Waals surface area contributed by atoms with Crippen molar-refractivity contribution in [2.75, 3.05) is 0 Å². The average Bonchev–Trinajstić information content (AvgIpc) is 2.57. The highest BCUT2D eigenvalue weighted by Crippen LogP contribution is 2.79. The molecule has 2 nitrogen and oxygen atoms in total. The third-order valence-corrected chi connectivity index (χ3v) is 6.17. The molecule has 0 N–H and O–H groups in total. The summed E-state index contributed by atoms with van der Waals surface area (Å²) in [6, 6.07) is 0. The first-order chi connectivity index (χ1) is 7.33. The second kappa shape index (κ2) is 2.72. The fourth-order valence-corrected chi connectivity index (χ4v) is 4.89. The van der Waals surface area contributed by atoms with Gasteiger partial charge in [0.05, 0.1) is 5.92 Å². The van der Waals surface area contributed by atoms with Crippen LogP contribution in [0.25, 0.3) is 0 Å². The van der Waals surface area contributed by atoms with Gasteiger partial charge < -0.3 is 0 Å². The molecule has 0 aromatic rings. The molecule has 3 heteroatoms. The molecule has 0 spiro atoms. The van der Waals surface area contributed by atoms with Crippen LogP contribution in [0.15, 0.2) is 0 Å². The minimum absolute atomic E-state index is 0.0640. The molecule has 0 aromatic heterocycles. The van der Waals surface area contributed by atoms with Crippen LogP contribution in [0.4, 0.5) is 0 Å². The number of fused-ring (bicyclic) bond motifs is 3. The topological polar surface area (TPSA) is 34.1 Å². The molecular weight excluding hydrogens is 224 g/mol. The molecule has 3 fully saturated rings. The van der Waals surface area contributed by atoms with Gasteiger partial charge >= 0.3 is 0 Å². The maximum absolute atomic E-state index is 12.4. The van der Waals surface area contributed by atoms with E-state index < -0.39 is 11.2 Å². The number of hydrogen-bond acceptors (Lipinski definition) is 2. The SMILES string of the molecule is CC1(C)C2C3CCC3C(C(=O)Cl)C(=O)[C@]21C. The molecule has 3 saturated carbocycles. The largest absolute Gasteiger partial charge is 0.298 e. The minimum atomic E-state index is -0.511. The summed E-state index contributed by atoms with van der Waals surface area (Å²) < 4.78 is 0. The van der Waals surface area contributed by atoms with E-state index in [1.54, 1.807) is 0 Å². The zero-order chi connectivity index (χ0) is 11.9. The molecule has 0 saturated heterocycles. The molecule has 0 heterocycles. The molecule has 4 unspecified atom stereocenters. The van der Waals surface area contributed by atoms with Gasteiger partial charge in [0.2, 0.25) is 5.24 Å². The van der Waals surface area contributed by atoms with E-state index in [9.17, 15) is 9.59 Å². The second-order valence-corrected chi connectivity index (χ2v) is 6.83. The van der Waals surface area contributed by atoms with Gasteiger partial charge in [0, 0.05) is 5.41 Å². The molecule has 16 heavy (non-hydrogen) atoms. The van der Waals surface area contributed by atoms with Crippen molar-refractivity contribution < 1.29 is 9.59 Å². The van der Waals surface area contributed by atoms with Gasteiger partial charge in [-0.2, -0.15) is 0 Å². The van der Waals surface area contributed by atoms with Crippen molar-refractivity contribution in [2.24, 2.45) is 34.5 Å². The summed E-state index contributed by atoms with van der Waals surface area (Å²) >= 11 is 5.62. The monoisotopic (exact) mass is 240 g/mol. The summed E-state index contributed by atoms with van der Waals surface area (Å²) in [5, 5.41) is -0.429. The smallest absolute Gasteiger partial charge is 0.232 e. The molecule has 3 aliphatic rings. The molecule has 88 valence electrons.